The van der Waals surface area contributed by atoms with E-state index in [0.29, 0.717) is 24.7 Å². The number of anilines is 1. The van der Waals surface area contributed by atoms with Crippen molar-refractivity contribution in [3.05, 3.63) is 88.1 Å². The van der Waals surface area contributed by atoms with Crippen molar-refractivity contribution in [3.63, 3.8) is 0 Å². The Morgan fingerprint density at radius 2 is 1.70 bits per heavy atom. The minimum absolute atomic E-state index is 0.268. The van der Waals surface area contributed by atoms with Gasteiger partial charge in [-0.15, -0.1) is 0 Å². The molecule has 0 saturated heterocycles. The van der Waals surface area contributed by atoms with E-state index < -0.39 is 0 Å². The lowest BCUT2D eigenvalue weighted by molar-refractivity contribution is 0.269. The minimum Gasteiger partial charge on any atom is -0.490 e. The lowest BCUT2D eigenvalue weighted by atomic mass is 10.2. The van der Waals surface area contributed by atoms with Gasteiger partial charge in [0, 0.05) is 16.7 Å². The molecule has 1 N–H and O–H groups in total. The van der Waals surface area contributed by atoms with E-state index in [-0.39, 0.29) is 12.4 Å². The monoisotopic (exact) mass is 429 g/mol. The topological polar surface area (TPSA) is 30.5 Å². The first kappa shape index (κ1) is 19.2. The predicted molar refractivity (Wildman–Crippen MR) is 110 cm³/mol. The van der Waals surface area contributed by atoms with Gasteiger partial charge in [0.05, 0.1) is 6.61 Å². The molecule has 0 radical (unpaired) electrons. The Morgan fingerprint density at radius 1 is 0.889 bits per heavy atom. The largest absolute Gasteiger partial charge is 0.490 e. The standard InChI is InChI=1S/C22H21BrFNO2/c1-2-26-22-13-16(14-25-20-9-7-18(23)8-10-20)6-11-21(22)27-15-17-4-3-5-19(24)12-17/h3-13,25H,2,14-15H2,1H3. The Bertz CT molecular complexity index is 884. The third-order valence-electron chi connectivity index (χ3n) is 3.93. The number of nitrogens with one attached hydrogen (secondary N) is 1. The highest BCUT2D eigenvalue weighted by atomic mass is 79.9. The Labute approximate surface area is 167 Å². The Balaban J connectivity index is 1.67. The van der Waals surface area contributed by atoms with Crippen molar-refractivity contribution in [1.29, 1.82) is 0 Å². The van der Waals surface area contributed by atoms with E-state index in [4.69, 9.17) is 9.47 Å². The minimum atomic E-state index is -0.268. The van der Waals surface area contributed by atoms with Crippen LogP contribution in [0.2, 0.25) is 0 Å². The van der Waals surface area contributed by atoms with E-state index >= 15 is 0 Å². The van der Waals surface area contributed by atoms with Crippen molar-refractivity contribution in [2.24, 2.45) is 0 Å². The van der Waals surface area contributed by atoms with Crippen LogP contribution in [-0.4, -0.2) is 6.61 Å². The zero-order chi connectivity index (χ0) is 19.1. The number of halogens is 2. The van der Waals surface area contributed by atoms with Crippen LogP contribution in [0.1, 0.15) is 18.1 Å². The highest BCUT2D eigenvalue weighted by Gasteiger charge is 2.08. The molecule has 3 rings (SSSR count). The maximum atomic E-state index is 13.3. The van der Waals surface area contributed by atoms with Crippen molar-refractivity contribution in [2.45, 2.75) is 20.1 Å². The van der Waals surface area contributed by atoms with Gasteiger partial charge in [0.25, 0.3) is 0 Å². The van der Waals surface area contributed by atoms with Crippen LogP contribution in [0.3, 0.4) is 0 Å². The zero-order valence-corrected chi connectivity index (χ0v) is 16.6. The zero-order valence-electron chi connectivity index (χ0n) is 15.0. The van der Waals surface area contributed by atoms with Gasteiger partial charge in [-0.05, 0) is 66.6 Å². The average Bonchev–Trinajstić information content (AvgIpc) is 2.67. The van der Waals surface area contributed by atoms with Gasteiger partial charge in [0.2, 0.25) is 0 Å². The molecule has 3 aromatic carbocycles. The van der Waals surface area contributed by atoms with Crippen molar-refractivity contribution < 1.29 is 13.9 Å². The average molecular weight is 430 g/mol. The maximum absolute atomic E-state index is 13.3. The molecule has 140 valence electrons. The molecule has 0 aliphatic rings. The van der Waals surface area contributed by atoms with E-state index in [1.807, 2.05) is 55.5 Å². The predicted octanol–water partition coefficient (Wildman–Crippen LogP) is 6.18. The molecule has 0 unspecified atom stereocenters. The normalized spacial score (nSPS) is 10.5. The van der Waals surface area contributed by atoms with Crippen LogP contribution in [0, 0.1) is 5.82 Å². The van der Waals surface area contributed by atoms with Crippen LogP contribution in [0.4, 0.5) is 10.1 Å². The molecule has 0 aromatic heterocycles. The molecule has 0 atom stereocenters. The molecule has 5 heteroatoms. The fourth-order valence-corrected chi connectivity index (χ4v) is 2.87. The second-order valence-electron chi connectivity index (χ2n) is 5.99. The first-order valence-corrected chi connectivity index (χ1v) is 9.56. The SMILES string of the molecule is CCOc1cc(CNc2ccc(Br)cc2)ccc1OCc1cccc(F)c1. The molecule has 0 saturated carbocycles. The quantitative estimate of drug-likeness (QED) is 0.463. The number of ether oxygens (including phenoxy) is 2. The Kier molecular flexibility index (Phi) is 6.71. The Hall–Kier alpha value is -2.53. The van der Waals surface area contributed by atoms with E-state index in [1.54, 1.807) is 6.07 Å². The highest BCUT2D eigenvalue weighted by molar-refractivity contribution is 9.10. The van der Waals surface area contributed by atoms with Crippen molar-refractivity contribution in [2.75, 3.05) is 11.9 Å². The van der Waals surface area contributed by atoms with E-state index in [1.165, 1.54) is 12.1 Å². The molecule has 0 amide bonds. The molecule has 3 aromatic rings. The number of benzene rings is 3. The van der Waals surface area contributed by atoms with Crippen LogP contribution in [0.25, 0.3) is 0 Å². The highest BCUT2D eigenvalue weighted by Crippen LogP contribution is 2.30. The summed E-state index contributed by atoms with van der Waals surface area (Å²) in [6.45, 7) is 3.43. The first-order chi connectivity index (χ1) is 13.1. The summed E-state index contributed by atoms with van der Waals surface area (Å²) in [5.74, 6) is 1.06. The van der Waals surface area contributed by atoms with Crippen LogP contribution in [0.5, 0.6) is 11.5 Å². The second-order valence-corrected chi connectivity index (χ2v) is 6.91. The van der Waals surface area contributed by atoms with Gasteiger partial charge >= 0.3 is 0 Å². The molecule has 0 aliphatic heterocycles. The third kappa shape index (κ3) is 5.73. The Morgan fingerprint density at radius 3 is 2.44 bits per heavy atom. The van der Waals surface area contributed by atoms with Gasteiger partial charge < -0.3 is 14.8 Å². The summed E-state index contributed by atoms with van der Waals surface area (Å²) >= 11 is 3.43. The van der Waals surface area contributed by atoms with Crippen molar-refractivity contribution in [1.82, 2.24) is 0 Å². The van der Waals surface area contributed by atoms with Crippen LogP contribution in [0.15, 0.2) is 71.2 Å². The number of hydrogen-bond donors (Lipinski definition) is 1. The van der Waals surface area contributed by atoms with Crippen LogP contribution >= 0.6 is 15.9 Å². The molecule has 0 aliphatic carbocycles. The molecular formula is C22H21BrFNO2. The van der Waals surface area contributed by atoms with Gasteiger partial charge in [-0.1, -0.05) is 34.1 Å². The lowest BCUT2D eigenvalue weighted by Crippen LogP contribution is -2.03. The molecular weight excluding hydrogens is 409 g/mol. The summed E-state index contributed by atoms with van der Waals surface area (Å²) in [5.41, 5.74) is 2.90. The fourth-order valence-electron chi connectivity index (χ4n) is 2.61. The van der Waals surface area contributed by atoms with Gasteiger partial charge in [-0.2, -0.15) is 0 Å². The third-order valence-corrected chi connectivity index (χ3v) is 4.46. The van der Waals surface area contributed by atoms with Gasteiger partial charge in [0.15, 0.2) is 11.5 Å². The summed E-state index contributed by atoms with van der Waals surface area (Å²) in [5, 5.41) is 3.38. The van der Waals surface area contributed by atoms with Gasteiger partial charge in [0.1, 0.15) is 12.4 Å². The molecule has 27 heavy (non-hydrogen) atoms. The first-order valence-electron chi connectivity index (χ1n) is 8.76. The van der Waals surface area contributed by atoms with Crippen LogP contribution in [-0.2, 0) is 13.2 Å². The van der Waals surface area contributed by atoms with Gasteiger partial charge in [-0.25, -0.2) is 4.39 Å². The van der Waals surface area contributed by atoms with Gasteiger partial charge in [-0.3, -0.25) is 0 Å². The smallest absolute Gasteiger partial charge is 0.161 e. The lowest BCUT2D eigenvalue weighted by Gasteiger charge is -2.14. The summed E-state index contributed by atoms with van der Waals surface area (Å²) in [6, 6.07) is 20.3. The van der Waals surface area contributed by atoms with E-state index in [9.17, 15) is 4.39 Å². The number of rotatable bonds is 8. The summed E-state index contributed by atoms with van der Waals surface area (Å²) < 4.78 is 25.9. The summed E-state index contributed by atoms with van der Waals surface area (Å²) in [4.78, 5) is 0. The maximum Gasteiger partial charge on any atom is 0.161 e. The molecule has 3 nitrogen and oxygen atoms in total. The summed E-state index contributed by atoms with van der Waals surface area (Å²) in [7, 11) is 0. The number of hydrogen-bond acceptors (Lipinski definition) is 3. The van der Waals surface area contributed by atoms with Crippen molar-refractivity contribution >= 4 is 21.6 Å². The fraction of sp³-hybridized carbons (Fsp3) is 0.182. The molecule has 0 fully saturated rings. The molecule has 0 heterocycles. The van der Waals surface area contributed by atoms with Crippen LogP contribution < -0.4 is 14.8 Å². The van der Waals surface area contributed by atoms with E-state index in [2.05, 4.69) is 21.2 Å². The second kappa shape index (κ2) is 9.42. The molecule has 0 spiro atoms. The van der Waals surface area contributed by atoms with Crippen molar-refractivity contribution in [3.8, 4) is 11.5 Å². The van der Waals surface area contributed by atoms with E-state index in [0.717, 1.165) is 21.3 Å². The molecule has 0 bridgehead atoms. The summed E-state index contributed by atoms with van der Waals surface area (Å²) in [6.07, 6.45) is 0.